The number of hydrogen-bond acceptors (Lipinski definition) is 5. The van der Waals surface area contributed by atoms with Gasteiger partial charge in [-0.3, -0.25) is 0 Å². The van der Waals surface area contributed by atoms with Crippen LogP contribution in [0, 0.1) is 0 Å². The van der Waals surface area contributed by atoms with Gasteiger partial charge < -0.3 is 14.7 Å². The van der Waals surface area contributed by atoms with Gasteiger partial charge in [-0.25, -0.2) is 4.98 Å². The number of para-hydroxylation sites is 1. The van der Waals surface area contributed by atoms with Gasteiger partial charge in [0.05, 0.1) is 11.2 Å². The smallest absolute Gasteiger partial charge is 0.130 e. The summed E-state index contributed by atoms with van der Waals surface area (Å²) in [4.78, 5) is 4.64. The van der Waals surface area contributed by atoms with E-state index in [1.54, 1.807) is 0 Å². The molecule has 1 aliphatic rings. The molecule has 0 atom stereocenters. The molecule has 3 aromatic carbocycles. The summed E-state index contributed by atoms with van der Waals surface area (Å²) >= 11 is 0. The Kier molecular flexibility index (Phi) is 4.33. The zero-order chi connectivity index (χ0) is 19.6. The molecular weight excluding hydrogens is 364 g/mol. The minimum Gasteiger partial charge on any atom is -0.488 e. The van der Waals surface area contributed by atoms with Crippen LogP contribution in [0.15, 0.2) is 84.0 Å². The van der Waals surface area contributed by atoms with Crippen molar-refractivity contribution in [2.24, 2.45) is 5.16 Å². The van der Waals surface area contributed by atoms with Crippen molar-refractivity contribution in [2.45, 2.75) is 13.2 Å². The second kappa shape index (κ2) is 7.28. The van der Waals surface area contributed by atoms with Gasteiger partial charge in [0.15, 0.2) is 0 Å². The summed E-state index contributed by atoms with van der Waals surface area (Å²) in [6.45, 7) is 0.760. The predicted octanol–water partition coefficient (Wildman–Crippen LogP) is 4.93. The Morgan fingerprint density at radius 2 is 1.79 bits per heavy atom. The molecule has 0 fully saturated rings. The first-order chi connectivity index (χ1) is 14.3. The molecule has 0 unspecified atom stereocenters. The van der Waals surface area contributed by atoms with E-state index in [4.69, 9.17) is 9.47 Å². The van der Waals surface area contributed by atoms with Crippen molar-refractivity contribution in [1.82, 2.24) is 4.98 Å². The summed E-state index contributed by atoms with van der Waals surface area (Å²) < 4.78 is 11.9. The van der Waals surface area contributed by atoms with Gasteiger partial charge in [0, 0.05) is 16.5 Å². The van der Waals surface area contributed by atoms with Gasteiger partial charge in [-0.05, 0) is 35.9 Å². The molecule has 2 heterocycles. The number of fused-ring (bicyclic) bond motifs is 3. The van der Waals surface area contributed by atoms with Crippen molar-refractivity contribution in [1.29, 1.82) is 0 Å². The van der Waals surface area contributed by atoms with Gasteiger partial charge >= 0.3 is 0 Å². The van der Waals surface area contributed by atoms with Crippen LogP contribution in [0.1, 0.15) is 22.4 Å². The fourth-order valence-electron chi connectivity index (χ4n) is 3.54. The fraction of sp³-hybridized carbons (Fsp3) is 0.0833. The molecule has 0 saturated heterocycles. The first-order valence-electron chi connectivity index (χ1n) is 9.37. The van der Waals surface area contributed by atoms with E-state index in [0.29, 0.717) is 36.0 Å². The van der Waals surface area contributed by atoms with Gasteiger partial charge in [-0.1, -0.05) is 53.7 Å². The summed E-state index contributed by atoms with van der Waals surface area (Å²) in [5.41, 5.74) is 4.77. The van der Waals surface area contributed by atoms with E-state index in [-0.39, 0.29) is 0 Å². The summed E-state index contributed by atoms with van der Waals surface area (Å²) in [5, 5.41) is 14.3. The van der Waals surface area contributed by atoms with Crippen molar-refractivity contribution in [2.75, 3.05) is 0 Å². The molecule has 0 bridgehead atoms. The molecule has 142 valence electrons. The fourth-order valence-corrected chi connectivity index (χ4v) is 3.54. The van der Waals surface area contributed by atoms with Crippen molar-refractivity contribution < 1.29 is 14.7 Å². The van der Waals surface area contributed by atoms with E-state index < -0.39 is 0 Å². The van der Waals surface area contributed by atoms with Crippen LogP contribution in [0.5, 0.6) is 11.5 Å². The van der Waals surface area contributed by atoms with Gasteiger partial charge in [0.25, 0.3) is 0 Å². The summed E-state index contributed by atoms with van der Waals surface area (Å²) in [6.07, 6.45) is 0. The van der Waals surface area contributed by atoms with Crippen molar-refractivity contribution in [3.8, 4) is 11.5 Å². The molecule has 5 rings (SSSR count). The average Bonchev–Trinajstić information content (AvgIpc) is 2.93. The first-order valence-corrected chi connectivity index (χ1v) is 9.37. The van der Waals surface area contributed by atoms with Crippen molar-refractivity contribution in [3.63, 3.8) is 0 Å². The van der Waals surface area contributed by atoms with Crippen LogP contribution in [0.4, 0.5) is 0 Å². The van der Waals surface area contributed by atoms with E-state index in [1.807, 2.05) is 78.9 Å². The molecule has 0 spiro atoms. The number of ether oxygens (including phenoxy) is 2. The molecule has 1 aliphatic heterocycles. The molecule has 1 N–H and O–H groups in total. The molecule has 0 radical (unpaired) electrons. The SMILES string of the molecule is ON=C1c2ccccc2COc2ccc(OCc3ccc4ccccc4n3)cc21. The number of pyridine rings is 1. The molecule has 0 saturated carbocycles. The van der Waals surface area contributed by atoms with E-state index >= 15 is 0 Å². The number of nitrogens with zero attached hydrogens (tertiary/aromatic N) is 2. The van der Waals surface area contributed by atoms with E-state index in [1.165, 1.54) is 0 Å². The standard InChI is InChI=1S/C24H18N2O3/c27-26-24-20-7-3-1-6-17(20)14-29-23-12-11-19(13-21(23)24)28-15-18-10-9-16-5-2-4-8-22(16)25-18/h1-13,27H,14-15H2. The third-order valence-corrected chi connectivity index (χ3v) is 5.00. The number of rotatable bonds is 3. The van der Waals surface area contributed by atoms with Crippen molar-refractivity contribution in [3.05, 3.63) is 101 Å². The molecule has 4 aromatic rings. The van der Waals surface area contributed by atoms with E-state index in [2.05, 4.69) is 10.1 Å². The second-order valence-corrected chi connectivity index (χ2v) is 6.84. The Morgan fingerprint density at radius 3 is 2.72 bits per heavy atom. The van der Waals surface area contributed by atoms with Crippen LogP contribution in [0.25, 0.3) is 10.9 Å². The van der Waals surface area contributed by atoms with Crippen LogP contribution in [0.3, 0.4) is 0 Å². The maximum Gasteiger partial charge on any atom is 0.130 e. The Labute approximate surface area is 167 Å². The van der Waals surface area contributed by atoms with Crippen LogP contribution in [-0.4, -0.2) is 15.9 Å². The molecule has 1 aromatic heterocycles. The average molecular weight is 382 g/mol. The highest BCUT2D eigenvalue weighted by molar-refractivity contribution is 6.15. The third kappa shape index (κ3) is 3.27. The van der Waals surface area contributed by atoms with Crippen LogP contribution < -0.4 is 9.47 Å². The van der Waals surface area contributed by atoms with E-state index in [9.17, 15) is 5.21 Å². The second-order valence-electron chi connectivity index (χ2n) is 6.84. The molecular formula is C24H18N2O3. The number of oxime groups is 1. The largest absolute Gasteiger partial charge is 0.488 e. The summed E-state index contributed by atoms with van der Waals surface area (Å²) in [7, 11) is 0. The third-order valence-electron chi connectivity index (χ3n) is 5.00. The minimum absolute atomic E-state index is 0.340. The maximum atomic E-state index is 9.69. The Balaban J connectivity index is 1.44. The normalized spacial score (nSPS) is 14.0. The highest BCUT2D eigenvalue weighted by Crippen LogP contribution is 2.32. The topological polar surface area (TPSA) is 63.9 Å². The van der Waals surface area contributed by atoms with Crippen molar-refractivity contribution >= 4 is 16.6 Å². The zero-order valence-electron chi connectivity index (χ0n) is 15.6. The van der Waals surface area contributed by atoms with Gasteiger partial charge in [-0.2, -0.15) is 0 Å². The Hall–Kier alpha value is -3.86. The lowest BCUT2D eigenvalue weighted by Gasteiger charge is -2.11. The molecule has 5 heteroatoms. The van der Waals surface area contributed by atoms with Crippen LogP contribution >= 0.6 is 0 Å². The van der Waals surface area contributed by atoms with Gasteiger partial charge in [0.2, 0.25) is 0 Å². The molecule has 0 aliphatic carbocycles. The lowest BCUT2D eigenvalue weighted by Crippen LogP contribution is -2.05. The molecule has 29 heavy (non-hydrogen) atoms. The molecule has 5 nitrogen and oxygen atoms in total. The van der Waals surface area contributed by atoms with Crippen LogP contribution in [0.2, 0.25) is 0 Å². The Morgan fingerprint density at radius 1 is 0.931 bits per heavy atom. The summed E-state index contributed by atoms with van der Waals surface area (Å²) in [5.74, 6) is 1.31. The highest BCUT2D eigenvalue weighted by Gasteiger charge is 2.21. The first kappa shape index (κ1) is 17.3. The minimum atomic E-state index is 0.340. The molecule has 0 amide bonds. The quantitative estimate of drug-likeness (QED) is 0.403. The number of hydrogen-bond donors (Lipinski definition) is 1. The predicted molar refractivity (Wildman–Crippen MR) is 111 cm³/mol. The van der Waals surface area contributed by atoms with E-state index in [0.717, 1.165) is 27.7 Å². The number of aromatic nitrogens is 1. The lowest BCUT2D eigenvalue weighted by molar-refractivity contribution is 0.295. The summed E-state index contributed by atoms with van der Waals surface area (Å²) in [6, 6.07) is 25.3. The Bertz CT molecular complexity index is 1230. The van der Waals surface area contributed by atoms with Gasteiger partial charge in [0.1, 0.15) is 30.4 Å². The van der Waals surface area contributed by atoms with Gasteiger partial charge in [-0.15, -0.1) is 0 Å². The monoisotopic (exact) mass is 382 g/mol. The lowest BCUT2D eigenvalue weighted by atomic mass is 9.98. The highest BCUT2D eigenvalue weighted by atomic mass is 16.5. The van der Waals surface area contributed by atoms with Crippen LogP contribution in [-0.2, 0) is 13.2 Å². The maximum absolute atomic E-state index is 9.69. The number of benzene rings is 3. The zero-order valence-corrected chi connectivity index (χ0v) is 15.6.